The van der Waals surface area contributed by atoms with Gasteiger partial charge in [0.25, 0.3) is 16.8 Å². The number of nitrogens with zero attached hydrogens (tertiary/aromatic N) is 2. The first-order valence-corrected chi connectivity index (χ1v) is 12.2. The van der Waals surface area contributed by atoms with Gasteiger partial charge in [0.05, 0.1) is 30.1 Å². The summed E-state index contributed by atoms with van der Waals surface area (Å²) < 4.78 is 21.5. The van der Waals surface area contributed by atoms with Gasteiger partial charge in [0, 0.05) is 12.1 Å². The zero-order valence-corrected chi connectivity index (χ0v) is 21.2. The van der Waals surface area contributed by atoms with E-state index in [0.29, 0.717) is 23.7 Å². The van der Waals surface area contributed by atoms with Crippen LogP contribution in [0, 0.1) is 10.1 Å². The minimum Gasteiger partial charge on any atom is -0.490 e. The minimum absolute atomic E-state index is 0.00683. The molecule has 3 aromatic rings. The average Bonchev–Trinajstić information content (AvgIpc) is 3.48. The van der Waals surface area contributed by atoms with E-state index in [1.807, 2.05) is 6.92 Å². The number of imide groups is 1. The number of hydrogen-bond donors (Lipinski definition) is 0. The van der Waals surface area contributed by atoms with Crippen LogP contribution in [0.4, 0.5) is 10.5 Å². The zero-order valence-electron chi connectivity index (χ0n) is 20.4. The lowest BCUT2D eigenvalue weighted by Crippen LogP contribution is -2.27. The largest absolute Gasteiger partial charge is 0.490 e. The van der Waals surface area contributed by atoms with Gasteiger partial charge < -0.3 is 18.6 Å². The highest BCUT2D eigenvalue weighted by molar-refractivity contribution is 8.18. The van der Waals surface area contributed by atoms with Crippen LogP contribution in [0.2, 0.25) is 0 Å². The van der Waals surface area contributed by atoms with Gasteiger partial charge in [0.2, 0.25) is 5.76 Å². The molecule has 1 aliphatic heterocycles. The highest BCUT2D eigenvalue weighted by Gasteiger charge is 2.35. The summed E-state index contributed by atoms with van der Waals surface area (Å²) in [7, 11) is 1.22. The minimum atomic E-state index is -0.657. The monoisotopic (exact) mass is 538 g/mol. The highest BCUT2D eigenvalue weighted by Crippen LogP contribution is 2.36. The van der Waals surface area contributed by atoms with E-state index in [4.69, 9.17) is 13.9 Å². The molecule has 12 heteroatoms. The molecular weight excluding hydrogens is 516 g/mol. The lowest BCUT2D eigenvalue weighted by molar-refractivity contribution is -0.384. The molecule has 4 rings (SSSR count). The number of thioether (sulfide) groups is 1. The number of nitro groups is 1. The van der Waals surface area contributed by atoms with Crippen molar-refractivity contribution in [3.8, 4) is 11.5 Å². The number of esters is 1. The fourth-order valence-corrected chi connectivity index (χ4v) is 4.33. The lowest BCUT2D eigenvalue weighted by Gasteiger charge is -2.13. The second kappa shape index (κ2) is 11.6. The van der Waals surface area contributed by atoms with Gasteiger partial charge in [-0.05, 0) is 72.3 Å². The molecule has 0 radical (unpaired) electrons. The van der Waals surface area contributed by atoms with Gasteiger partial charge in [-0.3, -0.25) is 24.6 Å². The Kier molecular flexibility index (Phi) is 8.12. The molecule has 196 valence electrons. The number of non-ortho nitro benzene ring substituents is 1. The molecule has 0 unspecified atom stereocenters. The summed E-state index contributed by atoms with van der Waals surface area (Å²) in [4.78, 5) is 48.6. The topological polar surface area (TPSA) is 138 Å². The molecule has 0 atom stereocenters. The molecule has 1 fully saturated rings. The summed E-state index contributed by atoms with van der Waals surface area (Å²) in [5.41, 5.74) is 1.35. The summed E-state index contributed by atoms with van der Waals surface area (Å²) in [6.07, 6.45) is 1.58. The predicted molar refractivity (Wildman–Crippen MR) is 137 cm³/mol. The summed E-state index contributed by atoms with van der Waals surface area (Å²) in [6, 6.07) is 14.0. The SMILES string of the molecule is CCOc1cc(/C=C2/SC(=O)N(Cc3ccc(C(=O)OC)o3)C2=O)ccc1OCc1ccc([N+](=O)[O-])cc1. The van der Waals surface area contributed by atoms with Crippen LogP contribution in [0.1, 0.15) is 34.4 Å². The number of carbonyl (C=O) groups is 3. The number of nitro benzene ring substituents is 1. The van der Waals surface area contributed by atoms with Gasteiger partial charge in [-0.2, -0.15) is 0 Å². The second-order valence-corrected chi connectivity index (χ2v) is 8.87. The maximum absolute atomic E-state index is 12.9. The summed E-state index contributed by atoms with van der Waals surface area (Å²) in [5.74, 6) is -0.0162. The Morgan fingerprint density at radius 2 is 1.84 bits per heavy atom. The highest BCUT2D eigenvalue weighted by atomic mass is 32.2. The van der Waals surface area contributed by atoms with Crippen LogP contribution < -0.4 is 9.47 Å². The maximum atomic E-state index is 12.9. The van der Waals surface area contributed by atoms with Crippen molar-refractivity contribution >= 4 is 40.6 Å². The number of hydrogen-bond acceptors (Lipinski definition) is 10. The van der Waals surface area contributed by atoms with E-state index in [0.717, 1.165) is 22.2 Å². The first-order chi connectivity index (χ1) is 18.3. The van der Waals surface area contributed by atoms with Crippen LogP contribution in [0.5, 0.6) is 11.5 Å². The molecule has 0 spiro atoms. The van der Waals surface area contributed by atoms with Crippen LogP contribution in [-0.4, -0.2) is 40.7 Å². The fourth-order valence-electron chi connectivity index (χ4n) is 3.49. The van der Waals surface area contributed by atoms with Crippen molar-refractivity contribution in [2.75, 3.05) is 13.7 Å². The van der Waals surface area contributed by atoms with Crippen molar-refractivity contribution in [1.82, 2.24) is 4.90 Å². The molecule has 2 amide bonds. The standard InChI is InChI=1S/C26H22N2O9S/c1-3-35-22-12-17(6-10-20(22)36-15-16-4-7-18(8-5-16)28(32)33)13-23-24(29)27(26(31)38-23)14-19-9-11-21(37-19)25(30)34-2/h4-13H,3,14-15H2,1-2H3/b23-13+. The third-order valence-electron chi connectivity index (χ3n) is 5.34. The fraction of sp³-hybridized carbons (Fsp3) is 0.192. The van der Waals surface area contributed by atoms with Crippen molar-refractivity contribution in [1.29, 1.82) is 0 Å². The van der Waals surface area contributed by atoms with E-state index >= 15 is 0 Å². The van der Waals surface area contributed by atoms with E-state index in [1.54, 1.807) is 36.4 Å². The summed E-state index contributed by atoms with van der Waals surface area (Å²) in [6.45, 7) is 2.22. The molecule has 11 nitrogen and oxygen atoms in total. The number of methoxy groups -OCH3 is 1. The van der Waals surface area contributed by atoms with Crippen molar-refractivity contribution in [3.05, 3.63) is 92.3 Å². The first kappa shape index (κ1) is 26.5. The number of furan rings is 1. The lowest BCUT2D eigenvalue weighted by atomic mass is 10.1. The van der Waals surface area contributed by atoms with Crippen molar-refractivity contribution < 1.29 is 37.9 Å². The Bertz CT molecular complexity index is 1410. The summed E-state index contributed by atoms with van der Waals surface area (Å²) >= 11 is 0.793. The Balaban J connectivity index is 1.46. The smallest absolute Gasteiger partial charge is 0.373 e. The molecule has 2 aromatic carbocycles. The number of rotatable bonds is 10. The van der Waals surface area contributed by atoms with Crippen LogP contribution in [0.15, 0.2) is 63.9 Å². The summed E-state index contributed by atoms with van der Waals surface area (Å²) in [5, 5.41) is 10.4. The van der Waals surface area contributed by atoms with E-state index in [1.165, 1.54) is 31.4 Å². The van der Waals surface area contributed by atoms with Crippen molar-refractivity contribution in [3.63, 3.8) is 0 Å². The van der Waals surface area contributed by atoms with Gasteiger partial charge in [-0.25, -0.2) is 4.79 Å². The Morgan fingerprint density at radius 3 is 2.53 bits per heavy atom. The molecule has 1 aliphatic rings. The average molecular weight is 539 g/mol. The van der Waals surface area contributed by atoms with Gasteiger partial charge >= 0.3 is 5.97 Å². The Labute approximate surface area is 221 Å². The zero-order chi connectivity index (χ0) is 27.2. The molecule has 1 saturated heterocycles. The molecule has 2 heterocycles. The second-order valence-electron chi connectivity index (χ2n) is 7.88. The van der Waals surface area contributed by atoms with Crippen LogP contribution >= 0.6 is 11.8 Å². The van der Waals surface area contributed by atoms with Gasteiger partial charge in [0.1, 0.15) is 12.4 Å². The third kappa shape index (κ3) is 6.03. The molecule has 0 bridgehead atoms. The molecule has 38 heavy (non-hydrogen) atoms. The van der Waals surface area contributed by atoms with E-state index < -0.39 is 22.0 Å². The maximum Gasteiger partial charge on any atom is 0.373 e. The number of ether oxygens (including phenoxy) is 3. The molecule has 0 aliphatic carbocycles. The van der Waals surface area contributed by atoms with Crippen LogP contribution in [0.25, 0.3) is 6.08 Å². The molecular formula is C26H22N2O9S. The first-order valence-electron chi connectivity index (χ1n) is 11.3. The number of benzene rings is 2. The van der Waals surface area contributed by atoms with E-state index in [9.17, 15) is 24.5 Å². The Hall–Kier alpha value is -4.58. The van der Waals surface area contributed by atoms with E-state index in [-0.39, 0.29) is 35.3 Å². The molecule has 1 aromatic heterocycles. The predicted octanol–water partition coefficient (Wildman–Crippen LogP) is 5.19. The normalized spacial score (nSPS) is 14.2. The number of amides is 2. The third-order valence-corrected chi connectivity index (χ3v) is 6.25. The molecule has 0 N–H and O–H groups in total. The quantitative estimate of drug-likeness (QED) is 0.147. The van der Waals surface area contributed by atoms with Gasteiger partial charge in [-0.1, -0.05) is 6.07 Å². The van der Waals surface area contributed by atoms with Gasteiger partial charge in [-0.15, -0.1) is 0 Å². The molecule has 0 saturated carbocycles. The van der Waals surface area contributed by atoms with Crippen LogP contribution in [0.3, 0.4) is 0 Å². The van der Waals surface area contributed by atoms with Gasteiger partial charge in [0.15, 0.2) is 11.5 Å². The van der Waals surface area contributed by atoms with Crippen molar-refractivity contribution in [2.24, 2.45) is 0 Å². The van der Waals surface area contributed by atoms with E-state index in [2.05, 4.69) is 4.74 Å². The number of carbonyl (C=O) groups excluding carboxylic acids is 3. The van der Waals surface area contributed by atoms with Crippen molar-refractivity contribution in [2.45, 2.75) is 20.1 Å². The Morgan fingerprint density at radius 1 is 1.08 bits per heavy atom. The van der Waals surface area contributed by atoms with Crippen LogP contribution in [-0.2, 0) is 22.7 Å².